The second-order valence-electron chi connectivity index (χ2n) is 9.36. The molecule has 0 unspecified atom stereocenters. The van der Waals surface area contributed by atoms with E-state index in [0.29, 0.717) is 16.8 Å². The monoisotopic (exact) mass is 530 g/mol. The number of para-hydroxylation sites is 1. The van der Waals surface area contributed by atoms with Gasteiger partial charge < -0.3 is 25.5 Å². The molecule has 2 amide bonds. The van der Waals surface area contributed by atoms with Crippen molar-refractivity contribution in [1.29, 1.82) is 0 Å². The molecule has 1 fully saturated rings. The molecule has 7 nitrogen and oxygen atoms in total. The van der Waals surface area contributed by atoms with Crippen LogP contribution in [0.25, 0.3) is 10.8 Å². The Morgan fingerprint density at radius 1 is 0.737 bits per heavy atom. The molecule has 3 N–H and O–H groups in total. The van der Waals surface area contributed by atoms with Gasteiger partial charge in [-0.05, 0) is 79.3 Å². The summed E-state index contributed by atoms with van der Waals surface area (Å²) in [5, 5.41) is 18.1. The van der Waals surface area contributed by atoms with Gasteiger partial charge in [0.05, 0.1) is 5.69 Å². The maximum Gasteiger partial charge on any atom is 0.255 e. The molecular formula is C30H31ClN4O3. The molecule has 5 rings (SSSR count). The first-order chi connectivity index (χ1) is 18.0. The van der Waals surface area contributed by atoms with Crippen molar-refractivity contribution >= 4 is 52.1 Å². The molecule has 4 aromatic carbocycles. The highest BCUT2D eigenvalue weighted by Crippen LogP contribution is 2.32. The number of phenols is 1. The van der Waals surface area contributed by atoms with Crippen molar-refractivity contribution < 1.29 is 14.7 Å². The fourth-order valence-electron chi connectivity index (χ4n) is 4.61. The zero-order valence-corrected chi connectivity index (χ0v) is 22.0. The Labute approximate surface area is 228 Å². The van der Waals surface area contributed by atoms with Gasteiger partial charge in [0.15, 0.2) is 0 Å². The van der Waals surface area contributed by atoms with Crippen molar-refractivity contribution in [2.24, 2.45) is 0 Å². The predicted octanol–water partition coefficient (Wildman–Crippen LogP) is 5.61. The van der Waals surface area contributed by atoms with Crippen molar-refractivity contribution in [2.45, 2.75) is 6.42 Å². The van der Waals surface area contributed by atoms with Crippen molar-refractivity contribution in [1.82, 2.24) is 4.90 Å². The van der Waals surface area contributed by atoms with E-state index in [9.17, 15) is 14.7 Å². The Kier molecular flexibility index (Phi) is 8.51. The second-order valence-corrected chi connectivity index (χ2v) is 9.36. The van der Waals surface area contributed by atoms with Crippen molar-refractivity contribution in [3.63, 3.8) is 0 Å². The first-order valence-corrected chi connectivity index (χ1v) is 12.4. The number of fused-ring (bicyclic) bond motifs is 1. The van der Waals surface area contributed by atoms with Gasteiger partial charge in [0.25, 0.3) is 11.8 Å². The number of hydrogen-bond acceptors (Lipinski definition) is 5. The van der Waals surface area contributed by atoms with E-state index >= 15 is 0 Å². The highest BCUT2D eigenvalue weighted by molar-refractivity contribution is 6.11. The molecular weight excluding hydrogens is 500 g/mol. The van der Waals surface area contributed by atoms with Crippen LogP contribution in [0.5, 0.6) is 5.75 Å². The van der Waals surface area contributed by atoms with Crippen LogP contribution in [-0.2, 0) is 0 Å². The lowest BCUT2D eigenvalue weighted by molar-refractivity contribution is 0.101. The molecule has 0 aliphatic carbocycles. The number of hydrogen-bond donors (Lipinski definition) is 3. The highest BCUT2D eigenvalue weighted by Gasteiger charge is 2.17. The van der Waals surface area contributed by atoms with Gasteiger partial charge in [0, 0.05) is 36.4 Å². The van der Waals surface area contributed by atoms with E-state index in [-0.39, 0.29) is 35.7 Å². The van der Waals surface area contributed by atoms with Crippen LogP contribution >= 0.6 is 12.4 Å². The maximum atomic E-state index is 13.1. The number of anilines is 3. The Morgan fingerprint density at radius 3 is 2.24 bits per heavy atom. The number of benzene rings is 4. The van der Waals surface area contributed by atoms with Gasteiger partial charge in [0.2, 0.25) is 0 Å². The van der Waals surface area contributed by atoms with Crippen LogP contribution in [0.15, 0.2) is 84.9 Å². The minimum atomic E-state index is -0.371. The van der Waals surface area contributed by atoms with Crippen LogP contribution in [0.4, 0.5) is 17.1 Å². The smallest absolute Gasteiger partial charge is 0.255 e. The van der Waals surface area contributed by atoms with E-state index in [4.69, 9.17) is 0 Å². The van der Waals surface area contributed by atoms with Crippen molar-refractivity contribution in [3.8, 4) is 5.75 Å². The van der Waals surface area contributed by atoms with Gasteiger partial charge in [-0.25, -0.2) is 0 Å². The molecule has 196 valence electrons. The summed E-state index contributed by atoms with van der Waals surface area (Å²) in [5.41, 5.74) is 2.50. The Hall–Kier alpha value is -4.07. The topological polar surface area (TPSA) is 84.9 Å². The Bertz CT molecular complexity index is 1440. The van der Waals surface area contributed by atoms with Gasteiger partial charge in [-0.1, -0.05) is 36.4 Å². The number of likely N-dealkylation sites (N-methyl/N-ethyl adjacent to an activating group) is 1. The molecule has 0 bridgehead atoms. The van der Waals surface area contributed by atoms with E-state index in [0.717, 1.165) is 49.1 Å². The lowest BCUT2D eigenvalue weighted by atomic mass is 10.1. The van der Waals surface area contributed by atoms with Crippen LogP contribution in [0.3, 0.4) is 0 Å². The normalized spacial score (nSPS) is 13.9. The number of nitrogens with one attached hydrogen (secondary N) is 2. The van der Waals surface area contributed by atoms with E-state index in [1.165, 1.54) is 6.07 Å². The third kappa shape index (κ3) is 6.07. The molecule has 4 aromatic rings. The van der Waals surface area contributed by atoms with E-state index in [1.807, 2.05) is 48.5 Å². The number of amides is 2. The summed E-state index contributed by atoms with van der Waals surface area (Å²) in [6.45, 7) is 4.01. The van der Waals surface area contributed by atoms with Crippen LogP contribution < -0.4 is 15.5 Å². The number of aromatic hydroxyl groups is 1. The Balaban J connectivity index is 0.00000336. The molecule has 8 heteroatoms. The lowest BCUT2D eigenvalue weighted by Crippen LogP contribution is -2.28. The molecule has 0 saturated carbocycles. The van der Waals surface area contributed by atoms with Crippen LogP contribution in [-0.4, -0.2) is 55.0 Å². The molecule has 0 aromatic heterocycles. The average molecular weight is 531 g/mol. The highest BCUT2D eigenvalue weighted by atomic mass is 35.5. The summed E-state index contributed by atoms with van der Waals surface area (Å²) in [6.07, 6.45) is 1.10. The van der Waals surface area contributed by atoms with Crippen LogP contribution in [0.1, 0.15) is 27.1 Å². The number of halogens is 1. The largest absolute Gasteiger partial charge is 0.506 e. The summed E-state index contributed by atoms with van der Waals surface area (Å²) in [7, 11) is 2.13. The number of nitrogens with zero attached hydrogens (tertiary/aromatic N) is 2. The molecule has 1 aliphatic rings. The fraction of sp³-hybridized carbons (Fsp3) is 0.200. The van der Waals surface area contributed by atoms with Crippen molar-refractivity contribution in [2.75, 3.05) is 48.8 Å². The SMILES string of the molecule is CN1CCCN(c2ccc(C(=O)Nc3c(O)cccc3NC(=O)c3ccc4ccccc4c3)cc2)CC1.Cl. The molecule has 38 heavy (non-hydrogen) atoms. The minimum Gasteiger partial charge on any atom is -0.506 e. The summed E-state index contributed by atoms with van der Waals surface area (Å²) in [5.74, 6) is -0.834. The van der Waals surface area contributed by atoms with E-state index < -0.39 is 0 Å². The van der Waals surface area contributed by atoms with E-state index in [2.05, 4.69) is 27.5 Å². The average Bonchev–Trinajstić information content (AvgIpc) is 3.14. The number of phenolic OH excluding ortho intramolecular Hbond substituents is 1. The van der Waals surface area contributed by atoms with Crippen LogP contribution in [0.2, 0.25) is 0 Å². The summed E-state index contributed by atoms with van der Waals surface area (Å²) in [6, 6.07) is 25.5. The molecule has 1 saturated heterocycles. The third-order valence-electron chi connectivity index (χ3n) is 6.75. The van der Waals surface area contributed by atoms with Crippen LogP contribution in [0, 0.1) is 0 Å². The predicted molar refractivity (Wildman–Crippen MR) is 156 cm³/mol. The number of carbonyl (C=O) groups excluding carboxylic acids is 2. The zero-order chi connectivity index (χ0) is 25.8. The van der Waals surface area contributed by atoms with Gasteiger partial charge in [-0.2, -0.15) is 0 Å². The third-order valence-corrected chi connectivity index (χ3v) is 6.75. The molecule has 0 atom stereocenters. The van der Waals surface area contributed by atoms with Gasteiger partial charge in [-0.15, -0.1) is 12.4 Å². The molecule has 1 heterocycles. The Morgan fingerprint density at radius 2 is 1.45 bits per heavy atom. The molecule has 0 radical (unpaired) electrons. The fourth-order valence-corrected chi connectivity index (χ4v) is 4.61. The minimum absolute atomic E-state index is 0. The summed E-state index contributed by atoms with van der Waals surface area (Å²) < 4.78 is 0. The van der Waals surface area contributed by atoms with E-state index in [1.54, 1.807) is 30.3 Å². The van der Waals surface area contributed by atoms with Gasteiger partial charge in [0.1, 0.15) is 11.4 Å². The van der Waals surface area contributed by atoms with Gasteiger partial charge in [-0.3, -0.25) is 9.59 Å². The molecule has 0 spiro atoms. The van der Waals surface area contributed by atoms with Crippen molar-refractivity contribution in [3.05, 3.63) is 96.1 Å². The first kappa shape index (κ1) is 27.0. The van der Waals surface area contributed by atoms with Gasteiger partial charge >= 0.3 is 0 Å². The standard InChI is InChI=1S/C30H30N4O3.ClH/c1-33-16-5-17-34(19-18-33)25-14-12-22(13-15-25)29(36)32-28-26(8-4-9-27(28)35)31-30(37)24-11-10-21-6-2-3-7-23(21)20-24;/h2-4,6-15,20,35H,5,16-19H2,1H3,(H,31,37)(H,32,36);1H. The first-order valence-electron chi connectivity index (χ1n) is 12.4. The number of rotatable bonds is 5. The number of carbonyl (C=O) groups is 2. The summed E-state index contributed by atoms with van der Waals surface area (Å²) in [4.78, 5) is 30.7. The zero-order valence-electron chi connectivity index (χ0n) is 21.2. The second kappa shape index (κ2) is 12.0. The quantitative estimate of drug-likeness (QED) is 0.292. The molecule has 1 aliphatic heterocycles. The lowest BCUT2D eigenvalue weighted by Gasteiger charge is -2.23. The summed E-state index contributed by atoms with van der Waals surface area (Å²) >= 11 is 0. The maximum absolute atomic E-state index is 13.1.